The number of benzene rings is 1. The lowest BCUT2D eigenvalue weighted by Crippen LogP contribution is -2.26. The highest BCUT2D eigenvalue weighted by molar-refractivity contribution is 9.10. The van der Waals surface area contributed by atoms with Gasteiger partial charge in [-0.25, -0.2) is 0 Å². The number of aliphatic carboxylic acids is 1. The van der Waals surface area contributed by atoms with E-state index in [1.54, 1.807) is 0 Å². The van der Waals surface area contributed by atoms with Crippen LogP contribution in [0, 0.1) is 0 Å². The fraction of sp³-hybridized carbons (Fsp3) is 0.385. The van der Waals surface area contributed by atoms with Gasteiger partial charge in [0.05, 0.1) is 6.42 Å². The molecular formula is C13H16BrNO3. The lowest BCUT2D eigenvalue weighted by Gasteiger charge is -2.06. The summed E-state index contributed by atoms with van der Waals surface area (Å²) in [4.78, 5) is 21.9. The summed E-state index contributed by atoms with van der Waals surface area (Å²) < 4.78 is 0.922. The highest BCUT2D eigenvalue weighted by Crippen LogP contribution is 2.16. The summed E-state index contributed by atoms with van der Waals surface area (Å²) in [5, 5.41) is 11.2. The van der Waals surface area contributed by atoms with Crippen molar-refractivity contribution in [2.45, 2.75) is 25.7 Å². The Bertz CT molecular complexity index is 420. The van der Waals surface area contributed by atoms with Crippen LogP contribution in [0.2, 0.25) is 0 Å². The van der Waals surface area contributed by atoms with E-state index in [9.17, 15) is 9.59 Å². The molecule has 1 rings (SSSR count). The fourth-order valence-corrected chi connectivity index (χ4v) is 1.93. The molecule has 0 spiro atoms. The predicted octanol–water partition coefficient (Wildman–Crippen LogP) is 2.36. The topological polar surface area (TPSA) is 66.4 Å². The Morgan fingerprint density at radius 2 is 1.94 bits per heavy atom. The molecule has 0 saturated heterocycles. The Morgan fingerprint density at radius 1 is 1.22 bits per heavy atom. The van der Waals surface area contributed by atoms with E-state index in [0.29, 0.717) is 25.8 Å². The van der Waals surface area contributed by atoms with Gasteiger partial charge in [-0.2, -0.15) is 0 Å². The van der Waals surface area contributed by atoms with Crippen molar-refractivity contribution in [3.8, 4) is 0 Å². The third-order valence-corrected chi connectivity index (χ3v) is 3.22. The van der Waals surface area contributed by atoms with Crippen LogP contribution in [0.4, 0.5) is 0 Å². The van der Waals surface area contributed by atoms with Crippen molar-refractivity contribution in [3.63, 3.8) is 0 Å². The van der Waals surface area contributed by atoms with E-state index in [0.717, 1.165) is 10.0 Å². The van der Waals surface area contributed by atoms with Crippen molar-refractivity contribution in [2.75, 3.05) is 6.54 Å². The van der Waals surface area contributed by atoms with E-state index in [1.807, 2.05) is 24.3 Å². The van der Waals surface area contributed by atoms with Gasteiger partial charge in [0.25, 0.3) is 0 Å². The second-order valence-electron chi connectivity index (χ2n) is 3.97. The number of rotatable bonds is 7. The summed E-state index contributed by atoms with van der Waals surface area (Å²) in [6.07, 6.45) is 1.76. The molecule has 0 bridgehead atoms. The minimum atomic E-state index is -0.797. The van der Waals surface area contributed by atoms with Crippen molar-refractivity contribution < 1.29 is 14.7 Å². The number of carbonyl (C=O) groups is 2. The number of amides is 1. The standard InChI is InChI=1S/C13H16BrNO3/c14-11-6-2-1-5-10(11)9-12(16)15-8-4-3-7-13(17)18/h1-2,5-6H,3-4,7-9H2,(H,15,16)(H,17,18). The molecule has 0 heterocycles. The third kappa shape index (κ3) is 5.82. The zero-order chi connectivity index (χ0) is 13.4. The van der Waals surface area contributed by atoms with Crippen molar-refractivity contribution in [2.24, 2.45) is 0 Å². The molecule has 98 valence electrons. The summed E-state index contributed by atoms with van der Waals surface area (Å²) >= 11 is 3.39. The average molecular weight is 314 g/mol. The molecule has 0 aliphatic heterocycles. The fourth-order valence-electron chi connectivity index (χ4n) is 1.51. The molecule has 0 atom stereocenters. The van der Waals surface area contributed by atoms with Crippen LogP contribution in [0.5, 0.6) is 0 Å². The maximum absolute atomic E-state index is 11.6. The van der Waals surface area contributed by atoms with E-state index in [4.69, 9.17) is 5.11 Å². The van der Waals surface area contributed by atoms with Gasteiger partial charge in [-0.05, 0) is 24.5 Å². The van der Waals surface area contributed by atoms with Crippen LogP contribution in [0.15, 0.2) is 28.7 Å². The Morgan fingerprint density at radius 3 is 2.61 bits per heavy atom. The molecule has 0 aliphatic rings. The van der Waals surface area contributed by atoms with Gasteiger partial charge in [-0.3, -0.25) is 9.59 Å². The Kier molecular flexibility index (Phi) is 6.43. The molecule has 0 aromatic heterocycles. The highest BCUT2D eigenvalue weighted by atomic mass is 79.9. The maximum Gasteiger partial charge on any atom is 0.303 e. The zero-order valence-corrected chi connectivity index (χ0v) is 11.6. The monoisotopic (exact) mass is 313 g/mol. The van der Waals surface area contributed by atoms with E-state index in [1.165, 1.54) is 0 Å². The van der Waals surface area contributed by atoms with Crippen molar-refractivity contribution in [3.05, 3.63) is 34.3 Å². The minimum Gasteiger partial charge on any atom is -0.481 e. The number of carbonyl (C=O) groups excluding carboxylic acids is 1. The molecule has 0 unspecified atom stereocenters. The number of nitrogens with one attached hydrogen (secondary N) is 1. The summed E-state index contributed by atoms with van der Waals surface area (Å²) in [7, 11) is 0. The minimum absolute atomic E-state index is 0.0442. The Hall–Kier alpha value is -1.36. The van der Waals surface area contributed by atoms with Gasteiger partial charge < -0.3 is 10.4 Å². The smallest absolute Gasteiger partial charge is 0.303 e. The van der Waals surface area contributed by atoms with E-state index in [2.05, 4.69) is 21.2 Å². The summed E-state index contributed by atoms with van der Waals surface area (Å²) in [5.41, 5.74) is 0.945. The van der Waals surface area contributed by atoms with Gasteiger partial charge in [0.1, 0.15) is 0 Å². The number of carboxylic acids is 1. The summed E-state index contributed by atoms with van der Waals surface area (Å²) in [6.45, 7) is 0.524. The van der Waals surface area contributed by atoms with Gasteiger partial charge in [0, 0.05) is 17.4 Å². The van der Waals surface area contributed by atoms with Crippen molar-refractivity contribution >= 4 is 27.8 Å². The van der Waals surface area contributed by atoms with Gasteiger partial charge in [0.2, 0.25) is 5.91 Å². The number of carboxylic acid groups (broad SMARTS) is 1. The quantitative estimate of drug-likeness (QED) is 0.759. The van der Waals surface area contributed by atoms with Crippen LogP contribution < -0.4 is 5.32 Å². The molecule has 1 aromatic rings. The molecule has 0 fully saturated rings. The molecule has 4 nitrogen and oxygen atoms in total. The van der Waals surface area contributed by atoms with Gasteiger partial charge in [-0.1, -0.05) is 34.1 Å². The second kappa shape index (κ2) is 7.87. The molecule has 2 N–H and O–H groups in total. The van der Waals surface area contributed by atoms with Crippen molar-refractivity contribution in [1.29, 1.82) is 0 Å². The van der Waals surface area contributed by atoms with Gasteiger partial charge >= 0.3 is 5.97 Å². The lowest BCUT2D eigenvalue weighted by molar-refractivity contribution is -0.137. The summed E-state index contributed by atoms with van der Waals surface area (Å²) in [5.74, 6) is -0.841. The number of unbranched alkanes of at least 4 members (excludes halogenated alkanes) is 1. The molecule has 1 aromatic carbocycles. The first-order valence-corrected chi connectivity index (χ1v) is 6.61. The Labute approximate surface area is 115 Å². The van der Waals surface area contributed by atoms with Crippen LogP contribution in [0.25, 0.3) is 0 Å². The van der Waals surface area contributed by atoms with Crippen molar-refractivity contribution in [1.82, 2.24) is 5.32 Å². The van der Waals surface area contributed by atoms with Crippen LogP contribution in [0.1, 0.15) is 24.8 Å². The molecule has 0 radical (unpaired) electrons. The van der Waals surface area contributed by atoms with Crippen LogP contribution >= 0.6 is 15.9 Å². The average Bonchev–Trinajstić information content (AvgIpc) is 2.31. The largest absolute Gasteiger partial charge is 0.481 e. The first-order chi connectivity index (χ1) is 8.59. The van der Waals surface area contributed by atoms with Gasteiger partial charge in [-0.15, -0.1) is 0 Å². The molecule has 0 saturated carbocycles. The van der Waals surface area contributed by atoms with Crippen LogP contribution in [-0.2, 0) is 16.0 Å². The van der Waals surface area contributed by atoms with E-state index >= 15 is 0 Å². The summed E-state index contributed by atoms with van der Waals surface area (Å²) in [6, 6.07) is 7.58. The molecule has 1 amide bonds. The Balaban J connectivity index is 2.22. The van der Waals surface area contributed by atoms with Gasteiger partial charge in [0.15, 0.2) is 0 Å². The first kappa shape index (κ1) is 14.7. The maximum atomic E-state index is 11.6. The van der Waals surface area contributed by atoms with E-state index < -0.39 is 5.97 Å². The normalized spacial score (nSPS) is 10.1. The number of halogens is 1. The van der Waals surface area contributed by atoms with E-state index in [-0.39, 0.29) is 12.3 Å². The third-order valence-electron chi connectivity index (χ3n) is 2.45. The first-order valence-electron chi connectivity index (χ1n) is 5.81. The lowest BCUT2D eigenvalue weighted by atomic mass is 10.1. The molecule has 0 aliphatic carbocycles. The zero-order valence-electron chi connectivity index (χ0n) is 9.99. The number of hydrogen-bond acceptors (Lipinski definition) is 2. The SMILES string of the molecule is O=C(O)CCCCNC(=O)Cc1ccccc1Br. The molecule has 18 heavy (non-hydrogen) atoms. The molecule has 5 heteroatoms. The van der Waals surface area contributed by atoms with Crippen LogP contribution in [0.3, 0.4) is 0 Å². The predicted molar refractivity (Wildman–Crippen MR) is 72.3 cm³/mol. The second-order valence-corrected chi connectivity index (χ2v) is 4.82. The highest BCUT2D eigenvalue weighted by Gasteiger charge is 2.05. The molecular weight excluding hydrogens is 298 g/mol. The van der Waals surface area contributed by atoms with Crippen LogP contribution in [-0.4, -0.2) is 23.5 Å². The number of hydrogen-bond donors (Lipinski definition) is 2.